The molecule has 7 heteroatoms. The summed E-state index contributed by atoms with van der Waals surface area (Å²) in [5.41, 5.74) is 1.69. The van der Waals surface area contributed by atoms with Gasteiger partial charge in [-0.1, -0.05) is 29.8 Å². The molecule has 2 aromatic rings. The first-order chi connectivity index (χ1) is 13.1. The molecule has 2 aromatic carbocycles. The third kappa shape index (κ3) is 6.83. The monoisotopic (exact) mass is 388 g/mol. The normalized spacial score (nSPS) is 11.0. The lowest BCUT2D eigenvalue weighted by Gasteiger charge is -2.13. The molecule has 3 N–H and O–H groups in total. The van der Waals surface area contributed by atoms with Crippen molar-refractivity contribution in [2.45, 2.75) is 6.42 Å². The van der Waals surface area contributed by atoms with Crippen LogP contribution in [0.1, 0.15) is 15.9 Å². The van der Waals surface area contributed by atoms with Crippen LogP contribution in [0.2, 0.25) is 5.02 Å². The molecule has 0 saturated heterocycles. The number of guanidine groups is 1. The Hall–Kier alpha value is -2.73. The second kappa shape index (κ2) is 11.1. The van der Waals surface area contributed by atoms with Gasteiger partial charge in [0.25, 0.3) is 5.91 Å². The molecule has 0 aliphatic heterocycles. The fourth-order valence-corrected chi connectivity index (χ4v) is 2.67. The summed E-state index contributed by atoms with van der Waals surface area (Å²) in [4.78, 5) is 16.3. The number of carbonyl (C=O) groups excluding carboxylic acids is 1. The van der Waals surface area contributed by atoms with E-state index in [0.29, 0.717) is 31.2 Å². The maximum absolute atomic E-state index is 12.1. The zero-order valence-electron chi connectivity index (χ0n) is 15.6. The number of nitrogens with one attached hydrogen (secondary N) is 3. The largest absolute Gasteiger partial charge is 0.497 e. The number of hydrogen-bond acceptors (Lipinski definition) is 3. The van der Waals surface area contributed by atoms with E-state index < -0.39 is 0 Å². The highest BCUT2D eigenvalue weighted by Crippen LogP contribution is 2.14. The van der Waals surface area contributed by atoms with Crippen molar-refractivity contribution in [1.29, 1.82) is 0 Å². The molecule has 0 spiro atoms. The van der Waals surface area contributed by atoms with Crippen LogP contribution in [0.25, 0.3) is 0 Å². The van der Waals surface area contributed by atoms with Crippen LogP contribution in [-0.2, 0) is 6.42 Å². The van der Waals surface area contributed by atoms with Crippen LogP contribution in [0.4, 0.5) is 0 Å². The molecule has 0 bridgehead atoms. The minimum absolute atomic E-state index is 0.124. The first kappa shape index (κ1) is 20.6. The highest BCUT2D eigenvalue weighted by Gasteiger charge is 2.05. The maximum Gasteiger partial charge on any atom is 0.251 e. The second-order valence-electron chi connectivity index (χ2n) is 5.75. The third-order valence-corrected chi connectivity index (χ3v) is 4.29. The van der Waals surface area contributed by atoms with E-state index in [0.717, 1.165) is 22.8 Å². The van der Waals surface area contributed by atoms with Crippen LogP contribution in [0.15, 0.2) is 53.5 Å². The number of methoxy groups -OCH3 is 1. The first-order valence-corrected chi connectivity index (χ1v) is 9.12. The summed E-state index contributed by atoms with van der Waals surface area (Å²) in [5.74, 6) is 1.28. The Kier molecular flexibility index (Phi) is 8.45. The van der Waals surface area contributed by atoms with Crippen LogP contribution in [0, 0.1) is 0 Å². The predicted octanol–water partition coefficient (Wildman–Crippen LogP) is 2.49. The molecule has 0 aromatic heterocycles. The summed E-state index contributed by atoms with van der Waals surface area (Å²) in [5, 5.41) is 10.0. The quantitative estimate of drug-likeness (QED) is 0.369. The van der Waals surface area contributed by atoms with Gasteiger partial charge in [0.1, 0.15) is 5.75 Å². The van der Waals surface area contributed by atoms with Gasteiger partial charge in [-0.05, 0) is 42.3 Å². The van der Waals surface area contributed by atoms with Crippen molar-refractivity contribution in [3.05, 3.63) is 64.7 Å². The number of aliphatic imine (C=N–C) groups is 1. The van der Waals surface area contributed by atoms with Gasteiger partial charge in [-0.15, -0.1) is 0 Å². The van der Waals surface area contributed by atoms with E-state index in [1.54, 1.807) is 38.4 Å². The summed E-state index contributed by atoms with van der Waals surface area (Å²) in [6, 6.07) is 14.8. The van der Waals surface area contributed by atoms with Gasteiger partial charge in [-0.3, -0.25) is 9.79 Å². The predicted molar refractivity (Wildman–Crippen MR) is 110 cm³/mol. The molecule has 6 nitrogen and oxygen atoms in total. The van der Waals surface area contributed by atoms with Gasteiger partial charge in [-0.25, -0.2) is 0 Å². The summed E-state index contributed by atoms with van der Waals surface area (Å²) < 4.78 is 5.08. The average molecular weight is 389 g/mol. The fraction of sp³-hybridized carbons (Fsp3) is 0.300. The minimum Gasteiger partial charge on any atom is -0.497 e. The number of carbonyl (C=O) groups is 1. The van der Waals surface area contributed by atoms with Crippen molar-refractivity contribution < 1.29 is 9.53 Å². The number of ether oxygens (including phenoxy) is 1. The van der Waals surface area contributed by atoms with Crippen LogP contribution < -0.4 is 20.7 Å². The van der Waals surface area contributed by atoms with Gasteiger partial charge in [-0.2, -0.15) is 0 Å². The molecule has 0 atom stereocenters. The summed E-state index contributed by atoms with van der Waals surface area (Å²) in [6.07, 6.45) is 0.800. The van der Waals surface area contributed by atoms with Crippen molar-refractivity contribution in [3.8, 4) is 5.75 Å². The van der Waals surface area contributed by atoms with E-state index in [1.807, 2.05) is 24.3 Å². The van der Waals surface area contributed by atoms with E-state index in [1.165, 1.54) is 0 Å². The van der Waals surface area contributed by atoms with Gasteiger partial charge < -0.3 is 20.7 Å². The molecule has 0 aliphatic carbocycles. The average Bonchev–Trinajstić information content (AvgIpc) is 2.71. The van der Waals surface area contributed by atoms with Crippen LogP contribution in [0.3, 0.4) is 0 Å². The molecular formula is C20H25ClN4O2. The van der Waals surface area contributed by atoms with Crippen molar-refractivity contribution in [1.82, 2.24) is 16.0 Å². The second-order valence-corrected chi connectivity index (χ2v) is 6.16. The SMILES string of the molecule is CN=C(NCCNC(=O)c1ccc(OC)cc1)NCCc1ccccc1Cl. The minimum atomic E-state index is -0.124. The Morgan fingerprint density at radius 3 is 2.33 bits per heavy atom. The molecule has 0 radical (unpaired) electrons. The zero-order chi connectivity index (χ0) is 19.5. The Bertz CT molecular complexity index is 763. The lowest BCUT2D eigenvalue weighted by atomic mass is 10.1. The van der Waals surface area contributed by atoms with E-state index in [9.17, 15) is 4.79 Å². The van der Waals surface area contributed by atoms with E-state index in [2.05, 4.69) is 20.9 Å². The number of rotatable bonds is 8. The Labute approximate surface area is 165 Å². The molecule has 0 saturated carbocycles. The fourth-order valence-electron chi connectivity index (χ4n) is 2.44. The van der Waals surface area contributed by atoms with Gasteiger partial charge >= 0.3 is 0 Å². The highest BCUT2D eigenvalue weighted by atomic mass is 35.5. The molecule has 144 valence electrons. The molecule has 0 aliphatic rings. The van der Waals surface area contributed by atoms with Gasteiger partial charge in [0.15, 0.2) is 5.96 Å². The number of nitrogens with zero attached hydrogens (tertiary/aromatic N) is 1. The zero-order valence-corrected chi connectivity index (χ0v) is 16.3. The van der Waals surface area contributed by atoms with Crippen LogP contribution >= 0.6 is 11.6 Å². The molecule has 2 rings (SSSR count). The molecule has 27 heavy (non-hydrogen) atoms. The first-order valence-electron chi connectivity index (χ1n) is 8.74. The van der Waals surface area contributed by atoms with Gasteiger partial charge in [0.2, 0.25) is 0 Å². The van der Waals surface area contributed by atoms with Crippen molar-refractivity contribution in [2.75, 3.05) is 33.8 Å². The molecule has 0 heterocycles. The van der Waals surface area contributed by atoms with Gasteiger partial charge in [0, 0.05) is 37.3 Å². The summed E-state index contributed by atoms with van der Waals surface area (Å²) in [6.45, 7) is 1.76. The lowest BCUT2D eigenvalue weighted by molar-refractivity contribution is 0.0954. The van der Waals surface area contributed by atoms with Crippen molar-refractivity contribution in [2.24, 2.45) is 4.99 Å². The lowest BCUT2D eigenvalue weighted by Crippen LogP contribution is -2.42. The van der Waals surface area contributed by atoms with E-state index in [4.69, 9.17) is 16.3 Å². The standard InChI is InChI=1S/C20H25ClN4O2/c1-22-20(24-12-11-15-5-3-4-6-18(15)21)25-14-13-23-19(26)16-7-9-17(27-2)10-8-16/h3-10H,11-14H2,1-2H3,(H,23,26)(H2,22,24,25). The smallest absolute Gasteiger partial charge is 0.251 e. The van der Waals surface area contributed by atoms with Crippen LogP contribution in [-0.4, -0.2) is 45.7 Å². The molecule has 0 fully saturated rings. The van der Waals surface area contributed by atoms with Crippen molar-refractivity contribution in [3.63, 3.8) is 0 Å². The molecule has 1 amide bonds. The Morgan fingerprint density at radius 2 is 1.67 bits per heavy atom. The highest BCUT2D eigenvalue weighted by molar-refractivity contribution is 6.31. The van der Waals surface area contributed by atoms with Crippen LogP contribution in [0.5, 0.6) is 5.75 Å². The third-order valence-electron chi connectivity index (χ3n) is 3.92. The maximum atomic E-state index is 12.1. The van der Waals surface area contributed by atoms with E-state index >= 15 is 0 Å². The Morgan fingerprint density at radius 1 is 1.00 bits per heavy atom. The number of hydrogen-bond donors (Lipinski definition) is 3. The summed E-state index contributed by atoms with van der Waals surface area (Å²) >= 11 is 6.15. The molecular weight excluding hydrogens is 364 g/mol. The van der Waals surface area contributed by atoms with Gasteiger partial charge in [0.05, 0.1) is 7.11 Å². The molecule has 0 unspecified atom stereocenters. The Balaban J connectivity index is 1.67. The van der Waals surface area contributed by atoms with Crippen molar-refractivity contribution >= 4 is 23.5 Å². The number of amides is 1. The number of benzene rings is 2. The summed E-state index contributed by atoms with van der Waals surface area (Å²) in [7, 11) is 3.30. The topological polar surface area (TPSA) is 74.8 Å². The number of halogens is 1. The van der Waals surface area contributed by atoms with E-state index in [-0.39, 0.29) is 5.91 Å².